The number of hydrogen-bond acceptors (Lipinski definition) is 6. The number of rotatable bonds is 45. The Kier molecular flexibility index (Phi) is 42.3. The van der Waals surface area contributed by atoms with E-state index in [1.165, 1.54) is 161 Å². The first-order valence-electron chi connectivity index (χ1n) is 25.6. The molecule has 0 heterocycles. The van der Waals surface area contributed by atoms with E-state index in [-0.39, 0.29) is 31.1 Å². The maximum absolute atomic E-state index is 12.7. The summed E-state index contributed by atoms with van der Waals surface area (Å²) in [7, 11) is 0. The molecule has 58 heavy (non-hydrogen) atoms. The van der Waals surface area contributed by atoms with Gasteiger partial charge in [0, 0.05) is 19.3 Å². The molecule has 0 spiro atoms. The molecule has 0 amide bonds. The third-order valence-electron chi connectivity index (χ3n) is 11.6. The van der Waals surface area contributed by atoms with Crippen LogP contribution in [0.4, 0.5) is 0 Å². The molecule has 0 aromatic heterocycles. The van der Waals surface area contributed by atoms with Crippen molar-refractivity contribution < 1.29 is 28.6 Å². The summed E-state index contributed by atoms with van der Waals surface area (Å²) >= 11 is 0. The Hall–Kier alpha value is -1.59. The van der Waals surface area contributed by atoms with Gasteiger partial charge in [0.25, 0.3) is 0 Å². The van der Waals surface area contributed by atoms with Crippen LogP contribution in [0.1, 0.15) is 279 Å². The topological polar surface area (TPSA) is 78.9 Å². The average molecular weight is 821 g/mol. The van der Waals surface area contributed by atoms with Crippen LogP contribution in [0.15, 0.2) is 0 Å². The van der Waals surface area contributed by atoms with E-state index >= 15 is 0 Å². The maximum Gasteiger partial charge on any atom is 0.306 e. The molecule has 0 saturated heterocycles. The fraction of sp³-hybridized carbons (Fsp3) is 0.942. The summed E-state index contributed by atoms with van der Waals surface area (Å²) < 4.78 is 16.8. The summed E-state index contributed by atoms with van der Waals surface area (Å²) in [5.74, 6) is 1.57. The maximum atomic E-state index is 12.7. The molecular formula is C52H100O6. The Bertz CT molecular complexity index is 898. The van der Waals surface area contributed by atoms with Crippen molar-refractivity contribution in [1.82, 2.24) is 0 Å². The predicted molar refractivity (Wildman–Crippen MR) is 247 cm³/mol. The molecule has 1 atom stereocenters. The normalized spacial score (nSPS) is 12.2. The van der Waals surface area contributed by atoms with Crippen LogP contribution in [0.3, 0.4) is 0 Å². The SMILES string of the molecule is CC(C)CCCCCCCCCCCCCCCCC(=O)OC[C@H](COC(=O)CCCCCCCCCCCCCC(C)C)OC(=O)CCCCCCCCC(C)C. The second kappa shape index (κ2) is 43.5. The van der Waals surface area contributed by atoms with Crippen molar-refractivity contribution in [2.45, 2.75) is 285 Å². The number of carbonyl (C=O) groups is 3. The van der Waals surface area contributed by atoms with Crippen LogP contribution in [0.2, 0.25) is 0 Å². The Morgan fingerprint density at radius 1 is 0.293 bits per heavy atom. The molecule has 0 saturated carbocycles. The smallest absolute Gasteiger partial charge is 0.306 e. The van der Waals surface area contributed by atoms with Crippen LogP contribution in [-0.2, 0) is 28.6 Å². The lowest BCUT2D eigenvalue weighted by Crippen LogP contribution is -2.30. The van der Waals surface area contributed by atoms with Gasteiger partial charge >= 0.3 is 17.9 Å². The minimum Gasteiger partial charge on any atom is -0.462 e. The summed E-state index contributed by atoms with van der Waals surface area (Å²) in [6.07, 6.45) is 42.5. The van der Waals surface area contributed by atoms with Gasteiger partial charge in [0.1, 0.15) is 13.2 Å². The molecule has 0 aromatic carbocycles. The van der Waals surface area contributed by atoms with Crippen LogP contribution < -0.4 is 0 Å². The second-order valence-electron chi connectivity index (χ2n) is 19.2. The molecule has 6 heteroatoms. The number of ether oxygens (including phenoxy) is 3. The highest BCUT2D eigenvalue weighted by atomic mass is 16.6. The predicted octanol–water partition coefficient (Wildman–Crippen LogP) is 16.4. The van der Waals surface area contributed by atoms with E-state index in [0.717, 1.165) is 75.5 Å². The second-order valence-corrected chi connectivity index (χ2v) is 19.2. The number of esters is 3. The Morgan fingerprint density at radius 2 is 0.500 bits per heavy atom. The number of hydrogen-bond donors (Lipinski definition) is 0. The van der Waals surface area contributed by atoms with E-state index in [4.69, 9.17) is 14.2 Å². The lowest BCUT2D eigenvalue weighted by molar-refractivity contribution is -0.167. The van der Waals surface area contributed by atoms with Gasteiger partial charge in [0.15, 0.2) is 6.10 Å². The zero-order valence-corrected chi connectivity index (χ0v) is 39.8. The highest BCUT2D eigenvalue weighted by Gasteiger charge is 2.19. The van der Waals surface area contributed by atoms with Crippen molar-refractivity contribution >= 4 is 17.9 Å². The van der Waals surface area contributed by atoms with Gasteiger partial charge in [-0.25, -0.2) is 0 Å². The summed E-state index contributed by atoms with van der Waals surface area (Å²) in [6, 6.07) is 0. The quantitative estimate of drug-likeness (QED) is 0.0346. The van der Waals surface area contributed by atoms with Crippen molar-refractivity contribution in [3.05, 3.63) is 0 Å². The number of unbranched alkanes of at least 4 members (excludes halogenated alkanes) is 28. The summed E-state index contributed by atoms with van der Waals surface area (Å²) in [5, 5.41) is 0. The van der Waals surface area contributed by atoms with Crippen molar-refractivity contribution in [3.8, 4) is 0 Å². The molecule has 0 radical (unpaired) electrons. The molecule has 0 fully saturated rings. The van der Waals surface area contributed by atoms with Gasteiger partial charge in [0.2, 0.25) is 0 Å². The molecule has 0 N–H and O–H groups in total. The van der Waals surface area contributed by atoms with Gasteiger partial charge in [-0.2, -0.15) is 0 Å². The fourth-order valence-electron chi connectivity index (χ4n) is 7.76. The van der Waals surface area contributed by atoms with E-state index < -0.39 is 6.10 Å². The van der Waals surface area contributed by atoms with E-state index in [0.29, 0.717) is 19.3 Å². The van der Waals surface area contributed by atoms with Crippen molar-refractivity contribution in [1.29, 1.82) is 0 Å². The molecule has 0 rings (SSSR count). The zero-order chi connectivity index (χ0) is 42.7. The standard InChI is InChI=1S/C52H100O6/c1-46(2)38-32-26-20-16-12-9-7-8-10-14-18-22-29-35-41-50(53)56-44-49(58-52(55)43-37-31-25-24-28-34-40-48(5)6)45-57-51(54)42-36-30-23-19-15-11-13-17-21-27-33-39-47(3)4/h46-49H,7-45H2,1-6H3/t49-/m1/s1. The van der Waals surface area contributed by atoms with Crippen LogP contribution in [0.25, 0.3) is 0 Å². The monoisotopic (exact) mass is 821 g/mol. The minimum atomic E-state index is -0.763. The molecule has 0 aliphatic heterocycles. The molecule has 0 unspecified atom stereocenters. The van der Waals surface area contributed by atoms with Crippen molar-refractivity contribution in [2.24, 2.45) is 17.8 Å². The first-order valence-corrected chi connectivity index (χ1v) is 25.6. The third-order valence-corrected chi connectivity index (χ3v) is 11.6. The van der Waals surface area contributed by atoms with E-state index in [9.17, 15) is 14.4 Å². The summed E-state index contributed by atoms with van der Waals surface area (Å²) in [6.45, 7) is 13.7. The Balaban J connectivity index is 4.24. The van der Waals surface area contributed by atoms with E-state index in [1.807, 2.05) is 0 Å². The lowest BCUT2D eigenvalue weighted by Gasteiger charge is -2.18. The highest BCUT2D eigenvalue weighted by molar-refractivity contribution is 5.71. The highest BCUT2D eigenvalue weighted by Crippen LogP contribution is 2.17. The third kappa shape index (κ3) is 45.5. The molecule has 0 aliphatic rings. The molecule has 6 nitrogen and oxygen atoms in total. The summed E-state index contributed by atoms with van der Waals surface area (Å²) in [5.41, 5.74) is 0. The first-order chi connectivity index (χ1) is 28.1. The Labute approximate surface area is 361 Å². The molecular weight excluding hydrogens is 721 g/mol. The van der Waals surface area contributed by atoms with Crippen molar-refractivity contribution in [3.63, 3.8) is 0 Å². The van der Waals surface area contributed by atoms with Gasteiger partial charge in [-0.1, -0.05) is 241 Å². The zero-order valence-electron chi connectivity index (χ0n) is 39.8. The van der Waals surface area contributed by atoms with Crippen LogP contribution in [0, 0.1) is 17.8 Å². The molecule has 0 bridgehead atoms. The van der Waals surface area contributed by atoms with Gasteiger partial charge < -0.3 is 14.2 Å². The average Bonchev–Trinajstić information content (AvgIpc) is 3.18. The van der Waals surface area contributed by atoms with Crippen LogP contribution in [0.5, 0.6) is 0 Å². The fourth-order valence-corrected chi connectivity index (χ4v) is 7.76. The van der Waals surface area contributed by atoms with E-state index in [2.05, 4.69) is 41.5 Å². The lowest BCUT2D eigenvalue weighted by atomic mass is 10.0. The molecule has 0 aliphatic carbocycles. The minimum absolute atomic E-state index is 0.0657. The van der Waals surface area contributed by atoms with Gasteiger partial charge in [0.05, 0.1) is 0 Å². The Morgan fingerprint density at radius 3 is 0.741 bits per heavy atom. The first kappa shape index (κ1) is 56.4. The molecule has 344 valence electrons. The van der Waals surface area contributed by atoms with Gasteiger partial charge in [-0.3, -0.25) is 14.4 Å². The van der Waals surface area contributed by atoms with Gasteiger partial charge in [-0.05, 0) is 37.0 Å². The van der Waals surface area contributed by atoms with Crippen LogP contribution >= 0.6 is 0 Å². The summed E-state index contributed by atoms with van der Waals surface area (Å²) in [4.78, 5) is 37.9. The van der Waals surface area contributed by atoms with Gasteiger partial charge in [-0.15, -0.1) is 0 Å². The number of carbonyl (C=O) groups excluding carboxylic acids is 3. The van der Waals surface area contributed by atoms with Crippen LogP contribution in [-0.4, -0.2) is 37.2 Å². The van der Waals surface area contributed by atoms with Crippen molar-refractivity contribution in [2.75, 3.05) is 13.2 Å². The molecule has 0 aromatic rings. The van der Waals surface area contributed by atoms with E-state index in [1.54, 1.807) is 0 Å². The largest absolute Gasteiger partial charge is 0.462 e.